The molecule has 0 aromatic carbocycles. The third kappa shape index (κ3) is 3.29. The summed E-state index contributed by atoms with van der Waals surface area (Å²) in [6.07, 6.45) is 6.27. The SMILES string of the molecule is COc1cc2ncc(-c3cccc(NC4CCNC4)n3)n2cc1N1CCCC1=O. The molecular formula is C21H24N6O2. The van der Waals surface area contributed by atoms with Crippen molar-refractivity contribution in [2.45, 2.75) is 25.3 Å². The fourth-order valence-electron chi connectivity index (χ4n) is 4.10. The molecule has 0 saturated carbocycles. The van der Waals surface area contributed by atoms with Gasteiger partial charge in [0.15, 0.2) is 0 Å². The van der Waals surface area contributed by atoms with E-state index in [1.165, 1.54) is 0 Å². The molecule has 8 nitrogen and oxygen atoms in total. The first-order valence-corrected chi connectivity index (χ1v) is 10.0. The number of imidazole rings is 1. The maximum atomic E-state index is 12.3. The predicted octanol–water partition coefficient (Wildman–Crippen LogP) is 2.31. The molecule has 2 saturated heterocycles. The van der Waals surface area contributed by atoms with Gasteiger partial charge in [-0.2, -0.15) is 0 Å². The van der Waals surface area contributed by atoms with Gasteiger partial charge >= 0.3 is 0 Å². The smallest absolute Gasteiger partial charge is 0.227 e. The molecule has 0 bridgehead atoms. The van der Waals surface area contributed by atoms with Crippen molar-refractivity contribution in [1.82, 2.24) is 19.7 Å². The summed E-state index contributed by atoms with van der Waals surface area (Å²) in [5, 5.41) is 6.85. The molecule has 1 atom stereocenters. The zero-order valence-electron chi connectivity index (χ0n) is 16.4. The molecule has 2 aliphatic heterocycles. The van der Waals surface area contributed by atoms with Crippen LogP contribution in [0.3, 0.4) is 0 Å². The number of rotatable bonds is 5. The summed E-state index contributed by atoms with van der Waals surface area (Å²) in [6.45, 7) is 2.69. The van der Waals surface area contributed by atoms with Crippen molar-refractivity contribution in [2.24, 2.45) is 0 Å². The van der Waals surface area contributed by atoms with Crippen LogP contribution in [0, 0.1) is 0 Å². The molecule has 0 radical (unpaired) electrons. The minimum absolute atomic E-state index is 0.124. The van der Waals surface area contributed by atoms with Gasteiger partial charge in [0.2, 0.25) is 5.91 Å². The summed E-state index contributed by atoms with van der Waals surface area (Å²) in [7, 11) is 1.62. The van der Waals surface area contributed by atoms with E-state index in [1.54, 1.807) is 12.0 Å². The summed E-state index contributed by atoms with van der Waals surface area (Å²) in [5.74, 6) is 1.63. The number of amides is 1. The number of carbonyl (C=O) groups excluding carboxylic acids is 1. The Morgan fingerprint density at radius 2 is 2.28 bits per heavy atom. The highest BCUT2D eigenvalue weighted by atomic mass is 16.5. The molecule has 2 N–H and O–H groups in total. The zero-order valence-corrected chi connectivity index (χ0v) is 16.4. The Morgan fingerprint density at radius 3 is 3.03 bits per heavy atom. The van der Waals surface area contributed by atoms with E-state index in [9.17, 15) is 4.79 Å². The van der Waals surface area contributed by atoms with Gasteiger partial charge in [0, 0.05) is 37.8 Å². The number of anilines is 2. The van der Waals surface area contributed by atoms with Crippen LogP contribution in [-0.2, 0) is 4.79 Å². The average Bonchev–Trinajstić information content (AvgIpc) is 3.48. The van der Waals surface area contributed by atoms with Crippen LogP contribution in [0.5, 0.6) is 5.75 Å². The van der Waals surface area contributed by atoms with Gasteiger partial charge in [-0.15, -0.1) is 0 Å². The van der Waals surface area contributed by atoms with E-state index >= 15 is 0 Å². The number of nitrogens with one attached hydrogen (secondary N) is 2. The van der Waals surface area contributed by atoms with Crippen LogP contribution in [0.2, 0.25) is 0 Å². The van der Waals surface area contributed by atoms with Crippen molar-refractivity contribution in [1.29, 1.82) is 0 Å². The van der Waals surface area contributed by atoms with Crippen molar-refractivity contribution >= 4 is 23.1 Å². The van der Waals surface area contributed by atoms with Crippen LogP contribution < -0.4 is 20.3 Å². The Hall–Kier alpha value is -3.13. The molecule has 5 heterocycles. The van der Waals surface area contributed by atoms with Crippen molar-refractivity contribution in [2.75, 3.05) is 37.0 Å². The lowest BCUT2D eigenvalue weighted by Gasteiger charge is -2.19. The van der Waals surface area contributed by atoms with Crippen LogP contribution in [0.15, 0.2) is 36.7 Å². The topological polar surface area (TPSA) is 83.8 Å². The molecule has 5 rings (SSSR count). The summed E-state index contributed by atoms with van der Waals surface area (Å²) < 4.78 is 7.52. The summed E-state index contributed by atoms with van der Waals surface area (Å²) in [4.78, 5) is 23.4. The predicted molar refractivity (Wildman–Crippen MR) is 111 cm³/mol. The lowest BCUT2D eigenvalue weighted by atomic mass is 10.2. The van der Waals surface area contributed by atoms with E-state index in [4.69, 9.17) is 9.72 Å². The minimum Gasteiger partial charge on any atom is -0.494 e. The van der Waals surface area contributed by atoms with Crippen molar-refractivity contribution in [3.05, 3.63) is 36.7 Å². The van der Waals surface area contributed by atoms with Crippen LogP contribution in [0.25, 0.3) is 17.0 Å². The first-order valence-electron chi connectivity index (χ1n) is 10.0. The largest absolute Gasteiger partial charge is 0.494 e. The van der Waals surface area contributed by atoms with E-state index in [-0.39, 0.29) is 5.91 Å². The van der Waals surface area contributed by atoms with Crippen LogP contribution in [0.1, 0.15) is 19.3 Å². The van der Waals surface area contributed by atoms with E-state index in [0.29, 0.717) is 24.8 Å². The molecular weight excluding hydrogens is 368 g/mol. The third-order valence-electron chi connectivity index (χ3n) is 5.60. The van der Waals surface area contributed by atoms with Crippen LogP contribution in [0.4, 0.5) is 11.5 Å². The third-order valence-corrected chi connectivity index (χ3v) is 5.60. The highest BCUT2D eigenvalue weighted by molar-refractivity contribution is 5.97. The number of fused-ring (bicyclic) bond motifs is 1. The fraction of sp³-hybridized carbons (Fsp3) is 0.381. The van der Waals surface area contributed by atoms with E-state index in [0.717, 1.165) is 54.5 Å². The summed E-state index contributed by atoms with van der Waals surface area (Å²) in [6, 6.07) is 8.24. The summed E-state index contributed by atoms with van der Waals surface area (Å²) in [5.41, 5.74) is 3.24. The van der Waals surface area contributed by atoms with E-state index < -0.39 is 0 Å². The minimum atomic E-state index is 0.124. The number of aromatic nitrogens is 3. The molecule has 0 spiro atoms. The number of nitrogens with zero attached hydrogens (tertiary/aromatic N) is 4. The lowest BCUT2D eigenvalue weighted by molar-refractivity contribution is -0.117. The van der Waals surface area contributed by atoms with Gasteiger partial charge in [-0.05, 0) is 31.5 Å². The Kier molecular flexibility index (Phi) is 4.55. The molecule has 1 unspecified atom stereocenters. The van der Waals surface area contributed by atoms with Gasteiger partial charge in [0.25, 0.3) is 0 Å². The second kappa shape index (κ2) is 7.36. The Balaban J connectivity index is 1.54. The lowest BCUT2D eigenvalue weighted by Crippen LogP contribution is -2.24. The molecule has 1 amide bonds. The van der Waals surface area contributed by atoms with Gasteiger partial charge in [-0.1, -0.05) is 6.07 Å². The average molecular weight is 392 g/mol. The standard InChI is InChI=1S/C21H24N6O2/c1-29-18-10-20-23-12-16(27(20)13-17(18)26-9-3-6-21(26)28)15-4-2-5-19(25-15)24-14-7-8-22-11-14/h2,4-5,10,12-14,22H,3,6-9,11H2,1H3,(H,24,25). The molecule has 2 aliphatic rings. The van der Waals surface area contributed by atoms with Crippen LogP contribution in [-0.4, -0.2) is 53.1 Å². The van der Waals surface area contributed by atoms with Gasteiger partial charge < -0.3 is 20.3 Å². The Labute approximate surface area is 168 Å². The first-order chi connectivity index (χ1) is 14.2. The fourth-order valence-corrected chi connectivity index (χ4v) is 4.10. The van der Waals surface area contributed by atoms with Gasteiger partial charge in [0.05, 0.1) is 24.7 Å². The monoisotopic (exact) mass is 392 g/mol. The Morgan fingerprint density at radius 1 is 1.34 bits per heavy atom. The molecule has 3 aromatic rings. The molecule has 3 aromatic heterocycles. The van der Waals surface area contributed by atoms with Gasteiger partial charge in [-0.25, -0.2) is 9.97 Å². The maximum Gasteiger partial charge on any atom is 0.227 e. The summed E-state index contributed by atoms with van der Waals surface area (Å²) >= 11 is 0. The normalized spacial score (nSPS) is 19.3. The maximum absolute atomic E-state index is 12.3. The molecule has 8 heteroatoms. The quantitative estimate of drug-likeness (QED) is 0.693. The molecule has 150 valence electrons. The van der Waals surface area contributed by atoms with Crippen molar-refractivity contribution in [3.8, 4) is 17.1 Å². The molecule has 2 fully saturated rings. The van der Waals surface area contributed by atoms with Crippen molar-refractivity contribution < 1.29 is 9.53 Å². The second-order valence-electron chi connectivity index (χ2n) is 7.49. The number of methoxy groups -OCH3 is 1. The number of carbonyl (C=O) groups is 1. The van der Waals surface area contributed by atoms with Crippen LogP contribution >= 0.6 is 0 Å². The highest BCUT2D eigenvalue weighted by Crippen LogP contribution is 2.34. The van der Waals surface area contributed by atoms with Crippen molar-refractivity contribution in [3.63, 3.8) is 0 Å². The molecule has 29 heavy (non-hydrogen) atoms. The Bertz CT molecular complexity index is 1060. The number of hydrogen-bond donors (Lipinski definition) is 2. The van der Waals surface area contributed by atoms with E-state index in [1.807, 2.05) is 41.1 Å². The highest BCUT2D eigenvalue weighted by Gasteiger charge is 2.26. The first kappa shape index (κ1) is 17.9. The van der Waals surface area contributed by atoms with Gasteiger partial charge in [0.1, 0.15) is 22.9 Å². The van der Waals surface area contributed by atoms with Gasteiger partial charge in [-0.3, -0.25) is 9.20 Å². The number of ether oxygens (including phenoxy) is 1. The van der Waals surface area contributed by atoms with E-state index in [2.05, 4.69) is 15.6 Å². The zero-order chi connectivity index (χ0) is 19.8. The number of pyridine rings is 2. The number of hydrogen-bond acceptors (Lipinski definition) is 6. The molecule has 0 aliphatic carbocycles. The second-order valence-corrected chi connectivity index (χ2v) is 7.49.